The van der Waals surface area contributed by atoms with Crippen molar-refractivity contribution in [1.29, 1.82) is 0 Å². The summed E-state index contributed by atoms with van der Waals surface area (Å²) < 4.78 is 5.16. The quantitative estimate of drug-likeness (QED) is 0.467. The van der Waals surface area contributed by atoms with Gasteiger partial charge in [0.15, 0.2) is 0 Å². The summed E-state index contributed by atoms with van der Waals surface area (Å²) in [6.45, 7) is 5.63. The summed E-state index contributed by atoms with van der Waals surface area (Å²) in [4.78, 5) is 8.85. The highest BCUT2D eigenvalue weighted by molar-refractivity contribution is 8.00. The van der Waals surface area contributed by atoms with Gasteiger partial charge in [-0.05, 0) is 6.92 Å². The average Bonchev–Trinajstić information content (AvgIpc) is 2.25. The highest BCUT2D eigenvalue weighted by Gasteiger charge is 2.22. The van der Waals surface area contributed by atoms with E-state index in [4.69, 9.17) is 10.6 Å². The smallest absolute Gasteiger partial charge is 0.147 e. The lowest BCUT2D eigenvalue weighted by Crippen LogP contribution is -2.30. The number of hydrogen-bond acceptors (Lipinski definition) is 6. The molecule has 0 aliphatic carbocycles. The van der Waals surface area contributed by atoms with Crippen LogP contribution in [-0.4, -0.2) is 28.4 Å². The van der Waals surface area contributed by atoms with Crippen molar-refractivity contribution in [3.63, 3.8) is 0 Å². The van der Waals surface area contributed by atoms with Crippen molar-refractivity contribution in [2.24, 2.45) is 5.84 Å². The van der Waals surface area contributed by atoms with Crippen molar-refractivity contribution in [3.8, 4) is 0 Å². The number of aromatic nitrogens is 2. The maximum atomic E-state index is 5.45. The molecule has 1 aromatic rings. The Morgan fingerprint density at radius 1 is 1.50 bits per heavy atom. The van der Waals surface area contributed by atoms with Crippen LogP contribution in [0.1, 0.15) is 18.3 Å². The molecule has 6 heteroatoms. The van der Waals surface area contributed by atoms with Crippen molar-refractivity contribution in [2.75, 3.05) is 18.6 Å². The predicted molar refractivity (Wildman–Crippen MR) is 64.4 cm³/mol. The van der Waals surface area contributed by atoms with E-state index in [0.29, 0.717) is 5.25 Å². The number of nitrogens with one attached hydrogen (secondary N) is 1. The van der Waals surface area contributed by atoms with Crippen LogP contribution in [0.3, 0.4) is 0 Å². The van der Waals surface area contributed by atoms with Gasteiger partial charge in [0.1, 0.15) is 16.7 Å². The van der Waals surface area contributed by atoms with E-state index in [9.17, 15) is 0 Å². The van der Waals surface area contributed by atoms with E-state index in [1.165, 1.54) is 0 Å². The number of aryl methyl sites for hydroxylation is 1. The number of hydrogen-bond donors (Lipinski definition) is 2. The Bertz CT molecular complexity index is 381. The maximum Gasteiger partial charge on any atom is 0.147 e. The molecular weight excluding hydrogens is 224 g/mol. The second-order valence-electron chi connectivity index (χ2n) is 3.69. The molecular formula is C10H16N4OS. The van der Waals surface area contributed by atoms with Crippen LogP contribution in [0.15, 0.2) is 5.03 Å². The number of thioether (sulfide) groups is 1. The zero-order valence-corrected chi connectivity index (χ0v) is 10.3. The van der Waals surface area contributed by atoms with E-state index in [1.54, 1.807) is 11.8 Å². The van der Waals surface area contributed by atoms with Crippen LogP contribution in [0.2, 0.25) is 0 Å². The van der Waals surface area contributed by atoms with Gasteiger partial charge in [0.2, 0.25) is 0 Å². The Balaban J connectivity index is 2.25. The van der Waals surface area contributed by atoms with Gasteiger partial charge in [-0.2, -0.15) is 0 Å². The van der Waals surface area contributed by atoms with Crippen molar-refractivity contribution in [1.82, 2.24) is 9.97 Å². The average molecular weight is 240 g/mol. The Kier molecular flexibility index (Phi) is 3.63. The molecule has 0 unspecified atom stereocenters. The van der Waals surface area contributed by atoms with Gasteiger partial charge in [-0.25, -0.2) is 15.8 Å². The molecule has 1 aliphatic heterocycles. The van der Waals surface area contributed by atoms with E-state index >= 15 is 0 Å². The fourth-order valence-electron chi connectivity index (χ4n) is 1.39. The van der Waals surface area contributed by atoms with E-state index in [2.05, 4.69) is 15.4 Å². The Hall–Kier alpha value is -0.850. The van der Waals surface area contributed by atoms with E-state index < -0.39 is 0 Å². The second kappa shape index (κ2) is 4.99. The molecule has 0 bridgehead atoms. The Morgan fingerprint density at radius 3 is 2.75 bits per heavy atom. The largest absolute Gasteiger partial charge is 0.379 e. The highest BCUT2D eigenvalue weighted by Crippen LogP contribution is 2.31. The van der Waals surface area contributed by atoms with Crippen LogP contribution in [0, 0.1) is 6.92 Å². The van der Waals surface area contributed by atoms with Gasteiger partial charge in [-0.15, -0.1) is 0 Å². The van der Waals surface area contributed by atoms with Gasteiger partial charge in [0.25, 0.3) is 0 Å². The van der Waals surface area contributed by atoms with Gasteiger partial charge in [0.05, 0.1) is 18.5 Å². The molecule has 0 atom stereocenters. The zero-order valence-electron chi connectivity index (χ0n) is 9.49. The summed E-state index contributed by atoms with van der Waals surface area (Å²) >= 11 is 1.74. The molecule has 16 heavy (non-hydrogen) atoms. The molecule has 0 aromatic carbocycles. The molecule has 5 nitrogen and oxygen atoms in total. The van der Waals surface area contributed by atoms with Gasteiger partial charge < -0.3 is 10.2 Å². The summed E-state index contributed by atoms with van der Waals surface area (Å²) in [6.07, 6.45) is 0.809. The number of hydrazine groups is 1. The molecule has 0 radical (unpaired) electrons. The van der Waals surface area contributed by atoms with Gasteiger partial charge >= 0.3 is 0 Å². The molecule has 88 valence electrons. The second-order valence-corrected chi connectivity index (χ2v) is 4.98. The van der Waals surface area contributed by atoms with Crippen molar-refractivity contribution >= 4 is 17.6 Å². The fraction of sp³-hybridized carbons (Fsp3) is 0.600. The van der Waals surface area contributed by atoms with Crippen molar-refractivity contribution in [3.05, 3.63) is 11.4 Å². The van der Waals surface area contributed by atoms with Crippen LogP contribution in [0.4, 0.5) is 5.82 Å². The van der Waals surface area contributed by atoms with Crippen molar-refractivity contribution in [2.45, 2.75) is 30.5 Å². The summed E-state index contributed by atoms with van der Waals surface area (Å²) in [7, 11) is 0. The first-order valence-corrected chi connectivity index (χ1v) is 6.21. The molecule has 3 N–H and O–H groups in total. The molecule has 0 amide bonds. The zero-order chi connectivity index (χ0) is 11.5. The normalized spacial score (nSPS) is 15.9. The molecule has 2 heterocycles. The molecule has 1 aliphatic rings. The van der Waals surface area contributed by atoms with E-state index in [0.717, 1.165) is 41.9 Å². The van der Waals surface area contributed by atoms with Crippen LogP contribution in [0.25, 0.3) is 0 Å². The summed E-state index contributed by atoms with van der Waals surface area (Å²) in [5.41, 5.74) is 3.63. The predicted octanol–water partition coefficient (Wildman–Crippen LogP) is 1.12. The molecule has 2 rings (SSSR count). The molecule has 0 spiro atoms. The first-order valence-electron chi connectivity index (χ1n) is 5.33. The molecule has 0 saturated carbocycles. The van der Waals surface area contributed by atoms with Crippen LogP contribution < -0.4 is 11.3 Å². The van der Waals surface area contributed by atoms with E-state index in [1.807, 2.05) is 13.8 Å². The van der Waals surface area contributed by atoms with Crippen molar-refractivity contribution < 1.29 is 4.74 Å². The first-order chi connectivity index (χ1) is 7.74. The number of nitrogens with two attached hydrogens (primary N) is 1. The number of rotatable bonds is 4. The molecule has 1 aromatic heterocycles. The third kappa shape index (κ3) is 2.28. The number of nitrogen functional groups attached to an aromatic ring is 1. The standard InChI is InChI=1S/C10H16N4OS/c1-3-8-12-9(14-11)6(2)10(13-8)16-7-4-15-5-7/h7H,3-5,11H2,1-2H3,(H,12,13,14). The maximum absolute atomic E-state index is 5.45. The minimum Gasteiger partial charge on any atom is -0.379 e. The number of nitrogens with zero attached hydrogens (tertiary/aromatic N) is 2. The van der Waals surface area contributed by atoms with Gasteiger partial charge in [0, 0.05) is 12.0 Å². The Labute approximate surface area is 99.2 Å². The third-order valence-electron chi connectivity index (χ3n) is 2.49. The monoisotopic (exact) mass is 240 g/mol. The SMILES string of the molecule is CCc1nc(NN)c(C)c(SC2COC2)n1. The Morgan fingerprint density at radius 2 is 2.25 bits per heavy atom. The van der Waals surface area contributed by atoms with Gasteiger partial charge in [-0.3, -0.25) is 0 Å². The molecule has 1 saturated heterocycles. The van der Waals surface area contributed by atoms with Crippen LogP contribution in [-0.2, 0) is 11.2 Å². The van der Waals surface area contributed by atoms with Crippen LogP contribution in [0.5, 0.6) is 0 Å². The lowest BCUT2D eigenvalue weighted by molar-refractivity contribution is 0.0454. The van der Waals surface area contributed by atoms with E-state index in [-0.39, 0.29) is 0 Å². The highest BCUT2D eigenvalue weighted by atomic mass is 32.2. The fourth-order valence-corrected chi connectivity index (χ4v) is 2.47. The minimum atomic E-state index is 0.518. The summed E-state index contributed by atoms with van der Waals surface area (Å²) in [5.74, 6) is 6.98. The summed E-state index contributed by atoms with van der Waals surface area (Å²) in [5, 5.41) is 1.53. The third-order valence-corrected chi connectivity index (χ3v) is 3.71. The number of ether oxygens (including phenoxy) is 1. The molecule has 1 fully saturated rings. The van der Waals surface area contributed by atoms with Crippen LogP contribution >= 0.6 is 11.8 Å². The lowest BCUT2D eigenvalue weighted by atomic mass is 10.3. The first kappa shape index (κ1) is 11.6. The summed E-state index contributed by atoms with van der Waals surface area (Å²) in [6, 6.07) is 0. The topological polar surface area (TPSA) is 73.1 Å². The number of anilines is 1. The van der Waals surface area contributed by atoms with Gasteiger partial charge in [-0.1, -0.05) is 18.7 Å². The minimum absolute atomic E-state index is 0.518. The lowest BCUT2D eigenvalue weighted by Gasteiger charge is -2.25.